The first-order chi connectivity index (χ1) is 11.7. The highest BCUT2D eigenvalue weighted by molar-refractivity contribution is 5.87. The number of fused-ring (bicyclic) bond motifs is 1. The van der Waals surface area contributed by atoms with Crippen molar-refractivity contribution < 1.29 is 23.2 Å². The van der Waals surface area contributed by atoms with E-state index in [1.165, 1.54) is 18.2 Å². The highest BCUT2D eigenvalue weighted by atomic mass is 19.4. The number of aromatic nitrogens is 2. The van der Waals surface area contributed by atoms with E-state index in [-0.39, 0.29) is 28.0 Å². The van der Waals surface area contributed by atoms with E-state index in [4.69, 9.17) is 0 Å². The molecule has 10 heteroatoms. The number of alkyl halides is 3. The van der Waals surface area contributed by atoms with Gasteiger partial charge in [0.2, 0.25) is 5.82 Å². The average Bonchev–Trinajstić information content (AvgIpc) is 2.97. The number of hydrogen-bond donors (Lipinski definition) is 1. The fourth-order valence-corrected chi connectivity index (χ4v) is 2.11. The van der Waals surface area contributed by atoms with Gasteiger partial charge in [-0.2, -0.15) is 13.2 Å². The predicted octanol–water partition coefficient (Wildman–Crippen LogP) is 3.31. The molecule has 0 saturated carbocycles. The lowest BCUT2D eigenvalue weighted by Crippen LogP contribution is -2.06. The summed E-state index contributed by atoms with van der Waals surface area (Å²) >= 11 is 0. The predicted molar refractivity (Wildman–Crippen MR) is 80.9 cm³/mol. The van der Waals surface area contributed by atoms with Crippen LogP contribution in [-0.4, -0.2) is 21.1 Å². The lowest BCUT2D eigenvalue weighted by Gasteiger charge is -2.08. The Kier molecular flexibility index (Phi) is 3.87. The molecule has 0 saturated heterocycles. The first-order valence-electron chi connectivity index (χ1n) is 6.80. The summed E-state index contributed by atoms with van der Waals surface area (Å²) in [5.74, 6) is -1.58. The van der Waals surface area contributed by atoms with E-state index in [1.54, 1.807) is 0 Å². The van der Waals surface area contributed by atoms with Crippen LogP contribution in [-0.2, 0) is 6.18 Å². The molecule has 25 heavy (non-hydrogen) atoms. The molecule has 0 atom stereocenters. The van der Waals surface area contributed by atoms with E-state index >= 15 is 0 Å². The van der Waals surface area contributed by atoms with Crippen molar-refractivity contribution in [3.63, 3.8) is 0 Å². The number of nitrogens with zero attached hydrogens (tertiary/aromatic N) is 3. The van der Waals surface area contributed by atoms with Gasteiger partial charge in [-0.05, 0) is 23.8 Å². The zero-order valence-corrected chi connectivity index (χ0v) is 12.2. The third kappa shape index (κ3) is 3.42. The number of aromatic amines is 1. The van der Waals surface area contributed by atoms with Crippen LogP contribution in [0, 0.1) is 10.1 Å². The fraction of sp³-hybridized carbons (Fsp3) is 0.0667. The molecule has 0 unspecified atom stereocenters. The average molecular weight is 349 g/mol. The molecule has 7 nitrogen and oxygen atoms in total. The second-order valence-corrected chi connectivity index (χ2v) is 5.02. The molecule has 0 bridgehead atoms. The van der Waals surface area contributed by atoms with Crippen LogP contribution < -0.4 is 5.11 Å². The van der Waals surface area contributed by atoms with Gasteiger partial charge in [-0.25, -0.2) is 4.98 Å². The Morgan fingerprint density at radius 3 is 2.64 bits per heavy atom. The SMILES string of the molecule is O=[N+]([O-])c1ccc([O-])c(C=Nc2ccc3nc(C(F)(F)F)[nH]c3c2)c1. The summed E-state index contributed by atoms with van der Waals surface area (Å²) in [6.07, 6.45) is -3.47. The zero-order chi connectivity index (χ0) is 18.2. The summed E-state index contributed by atoms with van der Waals surface area (Å²) in [6, 6.07) is 7.29. The van der Waals surface area contributed by atoms with E-state index in [2.05, 4.69) is 15.0 Å². The molecular weight excluding hydrogens is 341 g/mol. The molecule has 0 fully saturated rings. The first kappa shape index (κ1) is 16.4. The van der Waals surface area contributed by atoms with Gasteiger partial charge in [0.05, 0.1) is 21.6 Å². The van der Waals surface area contributed by atoms with Crippen molar-refractivity contribution >= 4 is 28.6 Å². The summed E-state index contributed by atoms with van der Waals surface area (Å²) in [5.41, 5.74) is 0.236. The number of non-ortho nitro benzene ring substituents is 1. The first-order valence-corrected chi connectivity index (χ1v) is 6.80. The van der Waals surface area contributed by atoms with Gasteiger partial charge >= 0.3 is 6.18 Å². The Morgan fingerprint density at radius 1 is 1.20 bits per heavy atom. The molecule has 128 valence electrons. The van der Waals surface area contributed by atoms with E-state index < -0.39 is 22.7 Å². The highest BCUT2D eigenvalue weighted by Gasteiger charge is 2.34. The summed E-state index contributed by atoms with van der Waals surface area (Å²) in [5, 5.41) is 22.4. The van der Waals surface area contributed by atoms with Crippen LogP contribution in [0.4, 0.5) is 24.5 Å². The van der Waals surface area contributed by atoms with Crippen molar-refractivity contribution in [3.05, 3.63) is 57.9 Å². The normalized spacial score (nSPS) is 12.1. The second-order valence-electron chi connectivity index (χ2n) is 5.02. The quantitative estimate of drug-likeness (QED) is 0.444. The minimum Gasteiger partial charge on any atom is -0.872 e. The molecule has 0 aliphatic heterocycles. The molecule has 0 aliphatic carbocycles. The van der Waals surface area contributed by atoms with Crippen LogP contribution in [0.25, 0.3) is 11.0 Å². The number of halogens is 3. The molecule has 0 radical (unpaired) electrons. The van der Waals surface area contributed by atoms with Gasteiger partial charge in [0.1, 0.15) is 0 Å². The maximum absolute atomic E-state index is 12.6. The Balaban J connectivity index is 1.94. The van der Waals surface area contributed by atoms with Crippen molar-refractivity contribution in [2.24, 2.45) is 4.99 Å². The Labute approximate surface area is 137 Å². The summed E-state index contributed by atoms with van der Waals surface area (Å²) in [4.78, 5) is 19.6. The van der Waals surface area contributed by atoms with Crippen LogP contribution in [0.1, 0.15) is 11.4 Å². The van der Waals surface area contributed by atoms with Gasteiger partial charge in [-0.3, -0.25) is 15.1 Å². The fourth-order valence-electron chi connectivity index (χ4n) is 2.11. The van der Waals surface area contributed by atoms with Crippen molar-refractivity contribution in [2.45, 2.75) is 6.18 Å². The van der Waals surface area contributed by atoms with Crippen LogP contribution in [0.2, 0.25) is 0 Å². The van der Waals surface area contributed by atoms with Crippen molar-refractivity contribution in [1.82, 2.24) is 9.97 Å². The number of aliphatic imine (C=N–C) groups is 1. The topological polar surface area (TPSA) is 107 Å². The Morgan fingerprint density at radius 2 is 1.96 bits per heavy atom. The minimum atomic E-state index is -4.59. The number of benzene rings is 2. The maximum atomic E-state index is 12.6. The molecule has 1 heterocycles. The Hall–Kier alpha value is -3.43. The molecule has 2 aromatic carbocycles. The van der Waals surface area contributed by atoms with Gasteiger partial charge in [0, 0.05) is 18.3 Å². The number of nitro groups is 1. The van der Waals surface area contributed by atoms with Crippen molar-refractivity contribution in [3.8, 4) is 5.75 Å². The summed E-state index contributed by atoms with van der Waals surface area (Å²) in [6.45, 7) is 0. The molecule has 3 rings (SSSR count). The number of H-pyrrole nitrogens is 1. The number of hydrogen-bond acceptors (Lipinski definition) is 5. The van der Waals surface area contributed by atoms with E-state index in [1.807, 2.05) is 0 Å². The second kappa shape index (κ2) is 5.89. The van der Waals surface area contributed by atoms with Gasteiger partial charge in [0.15, 0.2) is 0 Å². The lowest BCUT2D eigenvalue weighted by molar-refractivity contribution is -0.385. The van der Waals surface area contributed by atoms with Crippen LogP contribution in [0.3, 0.4) is 0 Å². The molecule has 1 N–H and O–H groups in total. The van der Waals surface area contributed by atoms with Crippen LogP contribution in [0.15, 0.2) is 41.4 Å². The van der Waals surface area contributed by atoms with Crippen molar-refractivity contribution in [2.75, 3.05) is 0 Å². The van der Waals surface area contributed by atoms with Crippen molar-refractivity contribution in [1.29, 1.82) is 0 Å². The molecule has 0 amide bonds. The lowest BCUT2D eigenvalue weighted by atomic mass is 10.2. The van der Waals surface area contributed by atoms with Crippen LogP contribution in [0.5, 0.6) is 5.75 Å². The summed E-state index contributed by atoms with van der Waals surface area (Å²) < 4.78 is 37.9. The molecule has 0 spiro atoms. The Bertz CT molecular complexity index is 995. The van der Waals surface area contributed by atoms with Gasteiger partial charge in [-0.15, -0.1) is 0 Å². The van der Waals surface area contributed by atoms with E-state index in [0.29, 0.717) is 0 Å². The third-order valence-corrected chi connectivity index (χ3v) is 3.29. The van der Waals surface area contributed by atoms with Gasteiger partial charge in [0.25, 0.3) is 5.69 Å². The zero-order valence-electron chi connectivity index (χ0n) is 12.2. The molecular formula is C15H8F3N4O3-. The largest absolute Gasteiger partial charge is 0.872 e. The summed E-state index contributed by atoms with van der Waals surface area (Å²) in [7, 11) is 0. The van der Waals surface area contributed by atoms with Gasteiger partial charge in [-0.1, -0.05) is 11.8 Å². The number of nitro benzene ring substituents is 1. The van der Waals surface area contributed by atoms with Crippen LogP contribution >= 0.6 is 0 Å². The monoisotopic (exact) mass is 349 g/mol. The smallest absolute Gasteiger partial charge is 0.449 e. The molecule has 3 aromatic rings. The number of nitrogens with one attached hydrogen (secondary N) is 1. The van der Waals surface area contributed by atoms with Gasteiger partial charge < -0.3 is 10.1 Å². The standard InChI is InChI=1S/C15H9F3N4O3/c16-15(17,18)14-20-11-3-1-9(6-12(11)21-14)19-7-8-5-10(22(24)25)2-4-13(8)23/h1-7,23H,(H,20,21)/p-1. The third-order valence-electron chi connectivity index (χ3n) is 3.29. The highest BCUT2D eigenvalue weighted by Crippen LogP contribution is 2.29. The maximum Gasteiger partial charge on any atom is 0.449 e. The number of imidazole rings is 1. The van der Waals surface area contributed by atoms with E-state index in [0.717, 1.165) is 24.4 Å². The molecule has 1 aromatic heterocycles. The molecule has 0 aliphatic rings. The number of rotatable bonds is 3. The minimum absolute atomic E-state index is 0.00473. The van der Waals surface area contributed by atoms with E-state index in [9.17, 15) is 28.4 Å².